The van der Waals surface area contributed by atoms with E-state index in [0.717, 1.165) is 29.0 Å². The lowest BCUT2D eigenvalue weighted by molar-refractivity contribution is 0.288. The van der Waals surface area contributed by atoms with Gasteiger partial charge in [-0.2, -0.15) is 0 Å². The van der Waals surface area contributed by atoms with E-state index in [1.54, 1.807) is 6.33 Å². The number of hydrogen-bond donors (Lipinski definition) is 2. The standard InChI is InChI=1S/C18H25N5S/c1-17(2,3)10-18(4,5)22-15-9-23(16(24)21-15)12-6-7-13-14(8-12)20-11-19-13/h6-8,11H,9-10H2,1-5H3,(H,19,20)(H,21,22,24). The molecule has 1 saturated heterocycles. The zero-order chi connectivity index (χ0) is 17.5. The smallest absolute Gasteiger partial charge is 0.179 e. The summed E-state index contributed by atoms with van der Waals surface area (Å²) in [6, 6.07) is 6.11. The van der Waals surface area contributed by atoms with E-state index in [1.165, 1.54) is 0 Å². The highest BCUT2D eigenvalue weighted by molar-refractivity contribution is 7.80. The van der Waals surface area contributed by atoms with Gasteiger partial charge in [0.05, 0.1) is 29.4 Å². The van der Waals surface area contributed by atoms with Gasteiger partial charge < -0.3 is 15.2 Å². The number of nitrogens with one attached hydrogen (secondary N) is 2. The molecule has 1 aliphatic heterocycles. The van der Waals surface area contributed by atoms with E-state index < -0.39 is 0 Å². The van der Waals surface area contributed by atoms with E-state index >= 15 is 0 Å². The van der Waals surface area contributed by atoms with Crippen LogP contribution in [0.2, 0.25) is 0 Å². The second kappa shape index (κ2) is 5.84. The van der Waals surface area contributed by atoms with Gasteiger partial charge in [0.2, 0.25) is 0 Å². The van der Waals surface area contributed by atoms with Crippen molar-refractivity contribution >= 4 is 39.9 Å². The number of aromatic amines is 1. The molecule has 0 radical (unpaired) electrons. The normalized spacial score (nSPS) is 17.8. The quantitative estimate of drug-likeness (QED) is 0.831. The van der Waals surface area contributed by atoms with Gasteiger partial charge in [-0.3, -0.25) is 4.99 Å². The number of hydrogen-bond acceptors (Lipinski definition) is 3. The molecule has 2 aromatic rings. The van der Waals surface area contributed by atoms with Gasteiger partial charge >= 0.3 is 0 Å². The Balaban J connectivity index is 1.81. The summed E-state index contributed by atoms with van der Waals surface area (Å²) in [5, 5.41) is 3.96. The second-order valence-corrected chi connectivity index (χ2v) is 8.62. The number of rotatable bonds is 3. The van der Waals surface area contributed by atoms with Crippen molar-refractivity contribution in [1.29, 1.82) is 0 Å². The molecule has 1 aromatic carbocycles. The molecule has 0 aliphatic carbocycles. The first-order valence-corrected chi connectivity index (χ1v) is 8.64. The first-order valence-electron chi connectivity index (χ1n) is 8.23. The zero-order valence-corrected chi connectivity index (χ0v) is 15.8. The number of H-pyrrole nitrogens is 1. The molecule has 1 fully saturated rings. The van der Waals surface area contributed by atoms with Crippen LogP contribution in [0.15, 0.2) is 29.5 Å². The Bertz CT molecular complexity index is 797. The third-order valence-corrected chi connectivity index (χ3v) is 4.24. The SMILES string of the molecule is CC(C)(C)CC(C)(C)/N=C1\CN(c2ccc3nc[nH]c3c2)C(=S)N1. The maximum Gasteiger partial charge on any atom is 0.179 e. The van der Waals surface area contributed by atoms with Gasteiger partial charge in [-0.15, -0.1) is 0 Å². The van der Waals surface area contributed by atoms with Crippen LogP contribution in [-0.4, -0.2) is 33.0 Å². The Morgan fingerprint density at radius 2 is 2.00 bits per heavy atom. The van der Waals surface area contributed by atoms with E-state index in [-0.39, 0.29) is 11.0 Å². The van der Waals surface area contributed by atoms with Crippen LogP contribution < -0.4 is 10.2 Å². The number of aliphatic imine (C=N–C) groups is 1. The Labute approximate surface area is 148 Å². The second-order valence-electron chi connectivity index (χ2n) is 8.23. The fourth-order valence-corrected chi connectivity index (χ4v) is 3.81. The minimum atomic E-state index is -0.125. The Kier molecular flexibility index (Phi) is 4.11. The first-order chi connectivity index (χ1) is 11.1. The molecule has 0 spiro atoms. The van der Waals surface area contributed by atoms with Gasteiger partial charge in [-0.25, -0.2) is 4.98 Å². The highest BCUT2D eigenvalue weighted by Crippen LogP contribution is 2.30. The summed E-state index contributed by atoms with van der Waals surface area (Å²) >= 11 is 5.51. The maximum atomic E-state index is 5.51. The van der Waals surface area contributed by atoms with Gasteiger partial charge in [-0.1, -0.05) is 20.8 Å². The van der Waals surface area contributed by atoms with Gasteiger partial charge in [0.15, 0.2) is 5.11 Å². The predicted octanol–water partition coefficient (Wildman–Crippen LogP) is 3.87. The molecule has 24 heavy (non-hydrogen) atoms. The highest BCUT2D eigenvalue weighted by atomic mass is 32.1. The minimum Gasteiger partial charge on any atom is -0.345 e. The molecular weight excluding hydrogens is 318 g/mol. The summed E-state index contributed by atoms with van der Waals surface area (Å²) < 4.78 is 0. The number of nitrogens with zero attached hydrogens (tertiary/aromatic N) is 3. The van der Waals surface area contributed by atoms with Crippen molar-refractivity contribution in [2.24, 2.45) is 10.4 Å². The first kappa shape index (κ1) is 16.9. The molecule has 3 rings (SSSR count). The summed E-state index contributed by atoms with van der Waals surface area (Å²) in [5.41, 5.74) is 3.12. The van der Waals surface area contributed by atoms with Crippen molar-refractivity contribution in [2.45, 2.75) is 46.6 Å². The highest BCUT2D eigenvalue weighted by Gasteiger charge is 2.29. The molecule has 5 nitrogen and oxygen atoms in total. The number of fused-ring (bicyclic) bond motifs is 1. The molecule has 0 bridgehead atoms. The average molecular weight is 344 g/mol. The third-order valence-electron chi connectivity index (χ3n) is 3.92. The summed E-state index contributed by atoms with van der Waals surface area (Å²) in [6.07, 6.45) is 2.72. The van der Waals surface area contributed by atoms with E-state index in [2.05, 4.69) is 60.9 Å². The monoisotopic (exact) mass is 343 g/mol. The molecule has 0 saturated carbocycles. The van der Waals surface area contributed by atoms with E-state index in [1.807, 2.05) is 12.1 Å². The molecule has 0 amide bonds. The lowest BCUT2D eigenvalue weighted by Gasteiger charge is -2.29. The van der Waals surface area contributed by atoms with Gasteiger partial charge in [-0.05, 0) is 56.1 Å². The number of thiocarbonyl (C=S) groups is 1. The fraction of sp³-hybridized carbons (Fsp3) is 0.500. The van der Waals surface area contributed by atoms with Crippen molar-refractivity contribution in [3.63, 3.8) is 0 Å². The van der Waals surface area contributed by atoms with Crippen LogP contribution in [0, 0.1) is 5.41 Å². The predicted molar refractivity (Wildman–Crippen MR) is 105 cm³/mol. The summed E-state index contributed by atoms with van der Waals surface area (Å²) in [5.74, 6) is 0.930. The maximum absolute atomic E-state index is 5.51. The third kappa shape index (κ3) is 3.75. The molecule has 1 aromatic heterocycles. The van der Waals surface area contributed by atoms with Crippen molar-refractivity contribution < 1.29 is 0 Å². The molecule has 128 valence electrons. The van der Waals surface area contributed by atoms with E-state index in [9.17, 15) is 0 Å². The average Bonchev–Trinajstić information content (AvgIpc) is 3.00. The molecule has 0 unspecified atom stereocenters. The van der Waals surface area contributed by atoms with Crippen LogP contribution in [0.1, 0.15) is 41.0 Å². The van der Waals surface area contributed by atoms with Crippen LogP contribution in [0.25, 0.3) is 11.0 Å². The van der Waals surface area contributed by atoms with Crippen LogP contribution in [-0.2, 0) is 0 Å². The van der Waals surface area contributed by atoms with Crippen molar-refractivity contribution in [3.8, 4) is 0 Å². The van der Waals surface area contributed by atoms with Crippen LogP contribution in [0.3, 0.4) is 0 Å². The molecule has 6 heteroatoms. The van der Waals surface area contributed by atoms with Crippen molar-refractivity contribution in [1.82, 2.24) is 15.3 Å². The summed E-state index contributed by atoms with van der Waals surface area (Å²) in [4.78, 5) is 14.4. The number of benzene rings is 1. The summed E-state index contributed by atoms with van der Waals surface area (Å²) in [7, 11) is 0. The summed E-state index contributed by atoms with van der Waals surface area (Å²) in [6.45, 7) is 11.8. The van der Waals surface area contributed by atoms with Crippen molar-refractivity contribution in [3.05, 3.63) is 24.5 Å². The Morgan fingerprint density at radius 3 is 2.71 bits per heavy atom. The van der Waals surface area contributed by atoms with Gasteiger partial charge in [0.1, 0.15) is 5.84 Å². The van der Waals surface area contributed by atoms with Crippen LogP contribution in [0.5, 0.6) is 0 Å². The molecular formula is C18H25N5S. The van der Waals surface area contributed by atoms with E-state index in [4.69, 9.17) is 17.2 Å². The Morgan fingerprint density at radius 1 is 1.25 bits per heavy atom. The van der Waals surface area contributed by atoms with Crippen LogP contribution in [0.4, 0.5) is 5.69 Å². The Hall–Kier alpha value is -1.95. The van der Waals surface area contributed by atoms with Crippen LogP contribution >= 0.6 is 12.2 Å². The zero-order valence-electron chi connectivity index (χ0n) is 15.0. The van der Waals surface area contributed by atoms with Crippen molar-refractivity contribution in [2.75, 3.05) is 11.4 Å². The minimum absolute atomic E-state index is 0.125. The number of aromatic nitrogens is 2. The number of anilines is 1. The fourth-order valence-electron chi connectivity index (χ4n) is 3.52. The lowest BCUT2D eigenvalue weighted by atomic mass is 9.82. The molecule has 0 atom stereocenters. The van der Waals surface area contributed by atoms with Gasteiger partial charge in [0, 0.05) is 5.69 Å². The lowest BCUT2D eigenvalue weighted by Crippen LogP contribution is -2.30. The van der Waals surface area contributed by atoms with E-state index in [0.29, 0.717) is 11.7 Å². The molecule has 1 aliphatic rings. The largest absolute Gasteiger partial charge is 0.345 e. The number of imidazole rings is 1. The van der Waals surface area contributed by atoms with Gasteiger partial charge in [0.25, 0.3) is 0 Å². The topological polar surface area (TPSA) is 56.3 Å². The molecule has 2 heterocycles. The number of amidine groups is 1. The molecule has 2 N–H and O–H groups in total.